The van der Waals surface area contributed by atoms with Crippen LogP contribution in [-0.2, 0) is 16.1 Å². The number of alkyl halides is 6. The van der Waals surface area contributed by atoms with Crippen LogP contribution in [0.15, 0.2) is 36.7 Å². The van der Waals surface area contributed by atoms with E-state index in [0.717, 1.165) is 11.1 Å². The number of nitrogens with zero attached hydrogens (tertiary/aromatic N) is 3. The lowest BCUT2D eigenvalue weighted by molar-refractivity contribution is -0.274. The van der Waals surface area contributed by atoms with E-state index < -0.39 is 53.2 Å². The van der Waals surface area contributed by atoms with Crippen LogP contribution in [0.2, 0.25) is 0 Å². The molecule has 188 valence electrons. The number of amides is 3. The summed E-state index contributed by atoms with van der Waals surface area (Å²) >= 11 is 0. The average Bonchev–Trinajstić information content (AvgIpc) is 2.88. The minimum Gasteiger partial charge on any atom is -0.506 e. The molecule has 0 bridgehead atoms. The van der Waals surface area contributed by atoms with Gasteiger partial charge in [-0.1, -0.05) is 0 Å². The lowest BCUT2D eigenvalue weighted by Crippen LogP contribution is -2.43. The van der Waals surface area contributed by atoms with Crippen molar-refractivity contribution in [3.05, 3.63) is 42.2 Å². The number of aromatic hydroxyl groups is 1. The Morgan fingerprint density at radius 2 is 1.77 bits per heavy atom. The van der Waals surface area contributed by atoms with E-state index in [4.69, 9.17) is 0 Å². The molecule has 1 fully saturated rings. The molecule has 1 aromatic carbocycles. The van der Waals surface area contributed by atoms with Crippen LogP contribution in [0.3, 0.4) is 0 Å². The zero-order chi connectivity index (χ0) is 26.3. The number of ether oxygens (including phenoxy) is 2. The number of carbonyl (C=O) groups is 3. The fourth-order valence-electron chi connectivity index (χ4n) is 3.15. The molecule has 1 aromatic heterocycles. The summed E-state index contributed by atoms with van der Waals surface area (Å²) in [5.41, 5.74) is -2.19. The molecule has 1 aliphatic heterocycles. The summed E-state index contributed by atoms with van der Waals surface area (Å²) in [6, 6.07) is 1.83. The molecule has 3 amide bonds. The van der Waals surface area contributed by atoms with Gasteiger partial charge in [-0.15, -0.1) is 13.2 Å². The Bertz CT molecular complexity index is 1180. The molecule has 0 spiro atoms. The highest BCUT2D eigenvalue weighted by atomic mass is 19.4. The van der Waals surface area contributed by atoms with Crippen molar-refractivity contribution < 1.29 is 55.3 Å². The summed E-state index contributed by atoms with van der Waals surface area (Å²) in [5.74, 6) is -6.36. The average molecular weight is 507 g/mol. The number of hydrogen-bond donors (Lipinski definition) is 1. The fraction of sp³-hybridized carbons (Fsp3) is 0.300. The number of esters is 1. The maximum absolute atomic E-state index is 13.2. The molecule has 2 heterocycles. The van der Waals surface area contributed by atoms with Crippen molar-refractivity contribution >= 4 is 23.6 Å². The van der Waals surface area contributed by atoms with Crippen LogP contribution in [0.5, 0.6) is 17.2 Å². The van der Waals surface area contributed by atoms with Crippen LogP contribution in [0, 0.1) is 0 Å². The minimum absolute atomic E-state index is 0.175. The molecule has 35 heavy (non-hydrogen) atoms. The predicted molar refractivity (Wildman–Crippen MR) is 103 cm³/mol. The number of anilines is 1. The van der Waals surface area contributed by atoms with Gasteiger partial charge in [-0.25, -0.2) is 14.5 Å². The Hall–Kier alpha value is -4.04. The van der Waals surface area contributed by atoms with Crippen LogP contribution < -0.4 is 14.4 Å². The summed E-state index contributed by atoms with van der Waals surface area (Å²) in [6.07, 6.45) is -8.40. The predicted octanol–water partition coefficient (Wildman–Crippen LogP) is 3.90. The van der Waals surface area contributed by atoms with Crippen molar-refractivity contribution in [3.8, 4) is 17.2 Å². The topological polar surface area (TPSA) is 109 Å². The maximum atomic E-state index is 13.2. The van der Waals surface area contributed by atoms with Gasteiger partial charge < -0.3 is 19.5 Å². The van der Waals surface area contributed by atoms with Crippen molar-refractivity contribution in [1.29, 1.82) is 0 Å². The number of halogens is 6. The van der Waals surface area contributed by atoms with Gasteiger partial charge in [0.15, 0.2) is 5.75 Å². The molecule has 0 unspecified atom stereocenters. The SMILES string of the molecule is CC1(C)C(=O)N(c2ccc(OC(F)(F)F)cc2OC(=O)C(F)(F)F)C(=O)N1Cc1ccncc1O. The first-order valence-corrected chi connectivity index (χ1v) is 9.49. The summed E-state index contributed by atoms with van der Waals surface area (Å²) < 4.78 is 83.9. The van der Waals surface area contributed by atoms with Gasteiger partial charge in [-0.05, 0) is 32.0 Å². The van der Waals surface area contributed by atoms with Gasteiger partial charge >= 0.3 is 24.5 Å². The molecule has 9 nitrogen and oxygen atoms in total. The third kappa shape index (κ3) is 5.22. The van der Waals surface area contributed by atoms with E-state index in [1.165, 1.54) is 26.1 Å². The summed E-state index contributed by atoms with van der Waals surface area (Å²) in [5, 5.41) is 9.95. The number of urea groups is 1. The van der Waals surface area contributed by atoms with Crippen molar-refractivity contribution in [1.82, 2.24) is 9.88 Å². The molecular weight excluding hydrogens is 492 g/mol. The van der Waals surface area contributed by atoms with Gasteiger partial charge in [-0.2, -0.15) is 13.2 Å². The lowest BCUT2D eigenvalue weighted by atomic mass is 10.0. The Kier molecular flexibility index (Phi) is 6.31. The first kappa shape index (κ1) is 25.6. The molecule has 0 atom stereocenters. The third-order valence-corrected chi connectivity index (χ3v) is 4.88. The first-order chi connectivity index (χ1) is 16.0. The molecule has 0 radical (unpaired) electrons. The van der Waals surface area contributed by atoms with Crippen LogP contribution in [0.1, 0.15) is 19.4 Å². The highest BCUT2D eigenvalue weighted by molar-refractivity contribution is 6.23. The fourth-order valence-corrected chi connectivity index (χ4v) is 3.15. The maximum Gasteiger partial charge on any atom is 0.573 e. The first-order valence-electron chi connectivity index (χ1n) is 9.49. The van der Waals surface area contributed by atoms with Crippen molar-refractivity contribution in [2.75, 3.05) is 4.90 Å². The van der Waals surface area contributed by atoms with E-state index in [9.17, 15) is 45.8 Å². The lowest BCUT2D eigenvalue weighted by Gasteiger charge is -2.27. The number of rotatable bonds is 5. The Labute approximate surface area is 192 Å². The Morgan fingerprint density at radius 3 is 2.34 bits per heavy atom. The normalized spacial score (nSPS) is 16.0. The minimum atomic E-state index is -5.54. The number of benzene rings is 1. The molecule has 0 saturated carbocycles. The number of pyridine rings is 1. The molecule has 0 aliphatic carbocycles. The summed E-state index contributed by atoms with van der Waals surface area (Å²) in [7, 11) is 0. The Morgan fingerprint density at radius 1 is 1.11 bits per heavy atom. The van der Waals surface area contributed by atoms with E-state index in [2.05, 4.69) is 14.5 Å². The molecular formula is C20H15F6N3O6. The highest BCUT2D eigenvalue weighted by Gasteiger charge is 2.53. The van der Waals surface area contributed by atoms with Crippen molar-refractivity contribution in [2.24, 2.45) is 0 Å². The van der Waals surface area contributed by atoms with Gasteiger partial charge in [0.25, 0.3) is 5.91 Å². The van der Waals surface area contributed by atoms with Crippen LogP contribution >= 0.6 is 0 Å². The smallest absolute Gasteiger partial charge is 0.506 e. The molecule has 1 N–H and O–H groups in total. The van der Waals surface area contributed by atoms with E-state index >= 15 is 0 Å². The van der Waals surface area contributed by atoms with Crippen molar-refractivity contribution in [2.45, 2.75) is 38.5 Å². The van der Waals surface area contributed by atoms with E-state index in [0.29, 0.717) is 17.0 Å². The summed E-state index contributed by atoms with van der Waals surface area (Å²) in [4.78, 5) is 42.6. The molecule has 2 aromatic rings. The second-order valence-electron chi connectivity index (χ2n) is 7.64. The third-order valence-electron chi connectivity index (χ3n) is 4.88. The monoisotopic (exact) mass is 507 g/mol. The van der Waals surface area contributed by atoms with E-state index in [1.807, 2.05) is 0 Å². The quantitative estimate of drug-likeness (QED) is 0.283. The zero-order valence-electron chi connectivity index (χ0n) is 17.8. The standard InChI is InChI=1S/C20H15F6N3O6/c1-18(2)15(31)29(17(33)28(18)9-10-5-6-27-8-13(10)30)12-4-3-11(35-20(24,25)26)7-14(12)34-16(32)19(21,22)23/h3-8,30H,9H2,1-2H3. The second-order valence-corrected chi connectivity index (χ2v) is 7.64. The number of imide groups is 1. The summed E-state index contributed by atoms with van der Waals surface area (Å²) in [6.45, 7) is 2.26. The molecule has 15 heteroatoms. The zero-order valence-corrected chi connectivity index (χ0v) is 17.8. The van der Waals surface area contributed by atoms with Gasteiger partial charge in [0.1, 0.15) is 17.0 Å². The number of hydrogen-bond acceptors (Lipinski definition) is 7. The van der Waals surface area contributed by atoms with E-state index in [1.54, 1.807) is 0 Å². The van der Waals surface area contributed by atoms with Crippen molar-refractivity contribution in [3.63, 3.8) is 0 Å². The van der Waals surface area contributed by atoms with Crippen LogP contribution in [0.25, 0.3) is 0 Å². The number of carbonyl (C=O) groups excluding carboxylic acids is 3. The largest absolute Gasteiger partial charge is 0.573 e. The number of aromatic nitrogens is 1. The van der Waals surface area contributed by atoms with Crippen LogP contribution in [0.4, 0.5) is 36.8 Å². The highest BCUT2D eigenvalue weighted by Crippen LogP contribution is 2.41. The van der Waals surface area contributed by atoms with E-state index in [-0.39, 0.29) is 23.9 Å². The van der Waals surface area contributed by atoms with Gasteiger partial charge in [0.05, 0.1) is 18.4 Å². The molecule has 1 aliphatic rings. The van der Waals surface area contributed by atoms with Gasteiger partial charge in [0.2, 0.25) is 0 Å². The molecule has 1 saturated heterocycles. The second kappa shape index (κ2) is 8.63. The van der Waals surface area contributed by atoms with Gasteiger partial charge in [-0.3, -0.25) is 9.78 Å². The molecule has 3 rings (SSSR count). The Balaban J connectivity index is 2.06. The van der Waals surface area contributed by atoms with Crippen LogP contribution in [-0.4, -0.2) is 51.0 Å². The van der Waals surface area contributed by atoms with Gasteiger partial charge in [0, 0.05) is 17.8 Å².